The zero-order valence-corrected chi connectivity index (χ0v) is 13.2. The molecule has 0 bridgehead atoms. The average molecular weight is 306 g/mol. The molecule has 0 spiro atoms. The van der Waals surface area contributed by atoms with Gasteiger partial charge in [-0.3, -0.25) is 4.48 Å². The standard InChI is InChI=1S/C10H21N2.C3BN3O3/c1-4-6-8-12(3)9-7-11(5-2)10-12;5-1-8-4(9-2-6)10-3-7/h7,9H,4-6,8,10H2,1-3H3;/q+1;. The van der Waals surface area contributed by atoms with Crippen LogP contribution in [0.2, 0.25) is 0 Å². The number of rotatable bonds is 7. The zero-order chi connectivity index (χ0) is 16.8. The van der Waals surface area contributed by atoms with Gasteiger partial charge in [0.05, 0.1) is 19.8 Å². The fourth-order valence-electron chi connectivity index (χ4n) is 1.84. The minimum absolute atomic E-state index is 1.10. The summed E-state index contributed by atoms with van der Waals surface area (Å²) in [6.45, 7) is 8.04. The van der Waals surface area contributed by atoms with Gasteiger partial charge in [0.15, 0.2) is 6.67 Å². The Balaban J connectivity index is 0.000000409. The van der Waals surface area contributed by atoms with E-state index in [1.54, 1.807) is 0 Å². The molecule has 1 rings (SSSR count). The molecular formula is C13H21BN5O3+. The first-order valence-corrected chi connectivity index (χ1v) is 6.97. The second-order valence-corrected chi connectivity index (χ2v) is 4.82. The van der Waals surface area contributed by atoms with E-state index >= 15 is 0 Å². The fraction of sp³-hybridized carbons (Fsp3) is 0.615. The summed E-state index contributed by atoms with van der Waals surface area (Å²) < 4.78 is 12.9. The van der Waals surface area contributed by atoms with E-state index in [4.69, 9.17) is 15.8 Å². The summed E-state index contributed by atoms with van der Waals surface area (Å²) >= 11 is 0. The average Bonchev–Trinajstić information content (AvgIpc) is 2.89. The number of hydrogen-bond donors (Lipinski definition) is 0. The molecule has 1 heterocycles. The second kappa shape index (κ2) is 11.1. The van der Waals surface area contributed by atoms with Crippen molar-refractivity contribution in [3.8, 4) is 18.8 Å². The molecule has 0 fully saturated rings. The molecule has 0 saturated heterocycles. The topological polar surface area (TPSA) is 102 Å². The molecule has 1 unspecified atom stereocenters. The predicted molar refractivity (Wildman–Crippen MR) is 78.2 cm³/mol. The first-order valence-electron chi connectivity index (χ1n) is 6.97. The number of nitriles is 3. The third kappa shape index (κ3) is 7.89. The minimum Gasteiger partial charge on any atom is -0.418 e. The van der Waals surface area contributed by atoms with Gasteiger partial charge in [0.25, 0.3) is 18.8 Å². The lowest BCUT2D eigenvalue weighted by Crippen LogP contribution is -2.41. The SMILES string of the molecule is CCCC[N+]1(C)C=CN(CC)C1.N#COB(OC#N)OC#N. The number of nitrogens with zero attached hydrogens (tertiary/aromatic N) is 5. The van der Waals surface area contributed by atoms with Gasteiger partial charge in [0.2, 0.25) is 0 Å². The van der Waals surface area contributed by atoms with Crippen molar-refractivity contribution < 1.29 is 18.4 Å². The Hall–Kier alpha value is -2.57. The van der Waals surface area contributed by atoms with Gasteiger partial charge in [-0.15, -0.1) is 0 Å². The van der Waals surface area contributed by atoms with Gasteiger partial charge in [0.1, 0.15) is 6.20 Å². The predicted octanol–water partition coefficient (Wildman–Crippen LogP) is 1.46. The number of unbranched alkanes of at least 4 members (excludes halogenated alkanes) is 1. The van der Waals surface area contributed by atoms with Crippen molar-refractivity contribution in [2.45, 2.75) is 26.7 Å². The smallest absolute Gasteiger partial charge is 0.418 e. The van der Waals surface area contributed by atoms with E-state index in [1.165, 1.54) is 38.2 Å². The molecule has 1 aliphatic rings. The van der Waals surface area contributed by atoms with Crippen LogP contribution >= 0.6 is 0 Å². The summed E-state index contributed by atoms with van der Waals surface area (Å²) in [5.74, 6) is 0. The molecule has 0 aromatic rings. The van der Waals surface area contributed by atoms with Crippen LogP contribution in [0.1, 0.15) is 26.7 Å². The van der Waals surface area contributed by atoms with Gasteiger partial charge in [-0.1, -0.05) is 13.3 Å². The Bertz CT molecular complexity index is 430. The molecule has 9 heteroatoms. The Kier molecular flexibility index (Phi) is 9.84. The van der Waals surface area contributed by atoms with Crippen molar-refractivity contribution in [1.29, 1.82) is 15.8 Å². The number of quaternary nitrogens is 1. The third-order valence-electron chi connectivity index (χ3n) is 3.02. The molecule has 22 heavy (non-hydrogen) atoms. The van der Waals surface area contributed by atoms with Crippen LogP contribution in [0.4, 0.5) is 0 Å². The van der Waals surface area contributed by atoms with Crippen molar-refractivity contribution >= 4 is 7.32 Å². The summed E-state index contributed by atoms with van der Waals surface area (Å²) in [7, 11) is 0.752. The highest BCUT2D eigenvalue weighted by atomic mass is 16.7. The second-order valence-electron chi connectivity index (χ2n) is 4.82. The normalized spacial score (nSPS) is 18.1. The van der Waals surface area contributed by atoms with E-state index in [2.05, 4.69) is 52.2 Å². The summed E-state index contributed by atoms with van der Waals surface area (Å²) in [4.78, 5) is 2.37. The number of hydrogen-bond acceptors (Lipinski definition) is 7. The summed E-state index contributed by atoms with van der Waals surface area (Å²) in [6, 6.07) is 0. The molecule has 0 saturated carbocycles. The lowest BCUT2D eigenvalue weighted by Gasteiger charge is -2.28. The van der Waals surface area contributed by atoms with E-state index in [0.29, 0.717) is 0 Å². The maximum absolute atomic E-state index is 7.84. The minimum atomic E-state index is -1.56. The van der Waals surface area contributed by atoms with Crippen LogP contribution in [0.5, 0.6) is 0 Å². The van der Waals surface area contributed by atoms with Gasteiger partial charge in [-0.05, 0) is 13.3 Å². The molecular weight excluding hydrogens is 285 g/mol. The van der Waals surface area contributed by atoms with Gasteiger partial charge in [-0.2, -0.15) is 15.8 Å². The summed E-state index contributed by atoms with van der Waals surface area (Å²) in [6.07, 6.45) is 10.7. The van der Waals surface area contributed by atoms with E-state index in [-0.39, 0.29) is 0 Å². The largest absolute Gasteiger partial charge is 0.894 e. The summed E-state index contributed by atoms with van der Waals surface area (Å²) in [5, 5.41) is 23.5. The first kappa shape index (κ1) is 19.4. The molecule has 1 atom stereocenters. The molecule has 0 aromatic carbocycles. The molecule has 0 amide bonds. The molecule has 1 aliphatic heterocycles. The van der Waals surface area contributed by atoms with Crippen molar-refractivity contribution in [2.75, 3.05) is 26.8 Å². The van der Waals surface area contributed by atoms with Crippen molar-refractivity contribution in [3.05, 3.63) is 12.4 Å². The van der Waals surface area contributed by atoms with Gasteiger partial charge < -0.3 is 18.9 Å². The molecule has 0 radical (unpaired) electrons. The Morgan fingerprint density at radius 1 is 1.14 bits per heavy atom. The maximum Gasteiger partial charge on any atom is 0.894 e. The van der Waals surface area contributed by atoms with Crippen molar-refractivity contribution in [3.63, 3.8) is 0 Å². The van der Waals surface area contributed by atoms with Crippen LogP contribution in [0, 0.1) is 34.6 Å². The van der Waals surface area contributed by atoms with E-state index in [1.807, 2.05) is 0 Å². The monoisotopic (exact) mass is 306 g/mol. The Morgan fingerprint density at radius 2 is 1.68 bits per heavy atom. The van der Waals surface area contributed by atoms with E-state index in [0.717, 1.165) is 17.7 Å². The van der Waals surface area contributed by atoms with E-state index < -0.39 is 7.32 Å². The Morgan fingerprint density at radius 3 is 2.05 bits per heavy atom. The van der Waals surface area contributed by atoms with Crippen LogP contribution < -0.4 is 0 Å². The van der Waals surface area contributed by atoms with Crippen LogP contribution in [0.3, 0.4) is 0 Å². The highest BCUT2D eigenvalue weighted by Crippen LogP contribution is 2.15. The van der Waals surface area contributed by atoms with E-state index in [9.17, 15) is 0 Å². The van der Waals surface area contributed by atoms with Gasteiger partial charge >= 0.3 is 7.32 Å². The van der Waals surface area contributed by atoms with Crippen LogP contribution in [0.15, 0.2) is 12.4 Å². The van der Waals surface area contributed by atoms with Crippen LogP contribution in [-0.2, 0) is 14.0 Å². The molecule has 0 aromatic heterocycles. The molecule has 0 aliphatic carbocycles. The zero-order valence-electron chi connectivity index (χ0n) is 13.2. The molecule has 118 valence electrons. The van der Waals surface area contributed by atoms with Crippen molar-refractivity contribution in [1.82, 2.24) is 4.90 Å². The van der Waals surface area contributed by atoms with Crippen molar-refractivity contribution in [2.24, 2.45) is 0 Å². The highest BCUT2D eigenvalue weighted by molar-refractivity contribution is 6.37. The molecule has 0 N–H and O–H groups in total. The maximum atomic E-state index is 7.84. The lowest BCUT2D eigenvalue weighted by molar-refractivity contribution is -0.861. The fourth-order valence-corrected chi connectivity index (χ4v) is 1.84. The molecule has 8 nitrogen and oxygen atoms in total. The van der Waals surface area contributed by atoms with Crippen LogP contribution in [-0.4, -0.2) is 43.5 Å². The van der Waals surface area contributed by atoms with Gasteiger partial charge in [-0.25, -0.2) is 0 Å². The third-order valence-corrected chi connectivity index (χ3v) is 3.02. The first-order chi connectivity index (χ1) is 10.5. The summed E-state index contributed by atoms with van der Waals surface area (Å²) in [5.41, 5.74) is 0. The lowest BCUT2D eigenvalue weighted by atomic mass is 10.2. The Labute approximate surface area is 132 Å². The highest BCUT2D eigenvalue weighted by Gasteiger charge is 2.28. The quantitative estimate of drug-likeness (QED) is 0.398. The van der Waals surface area contributed by atoms with Crippen LogP contribution in [0.25, 0.3) is 0 Å². The van der Waals surface area contributed by atoms with Gasteiger partial charge in [0, 0.05) is 6.54 Å².